The van der Waals surface area contributed by atoms with Gasteiger partial charge in [-0.1, -0.05) is 0 Å². The fourth-order valence-corrected chi connectivity index (χ4v) is 0.873. The minimum atomic E-state index is -0.470. The van der Waals surface area contributed by atoms with Crippen LogP contribution in [0.2, 0.25) is 0 Å². The lowest BCUT2D eigenvalue weighted by Crippen LogP contribution is -2.44. The quantitative estimate of drug-likeness (QED) is 0.740. The number of carbonyl (C=O) groups is 1. The molecule has 1 atom stereocenters. The summed E-state index contributed by atoms with van der Waals surface area (Å²) in [6, 6.07) is -0.127. The number of alkyl carbamates (subject to hydrolysis) is 1. The Hall–Kier alpha value is -1.13. The van der Waals surface area contributed by atoms with Gasteiger partial charge in [0.2, 0.25) is 5.66 Å². The maximum Gasteiger partial charge on any atom is 0.408 e. The number of amides is 1. The average Bonchev–Trinajstić information content (AvgIpc) is 2.64. The third-order valence-electron chi connectivity index (χ3n) is 1.97. The molecule has 0 bridgehead atoms. The van der Waals surface area contributed by atoms with Crippen LogP contribution >= 0.6 is 0 Å². The van der Waals surface area contributed by atoms with Gasteiger partial charge in [-0.15, -0.1) is 0 Å². The summed E-state index contributed by atoms with van der Waals surface area (Å²) >= 11 is 0. The average molecular weight is 199 g/mol. The highest BCUT2D eigenvalue weighted by Gasteiger charge is 2.41. The van der Waals surface area contributed by atoms with Crippen molar-refractivity contribution in [3.05, 3.63) is 0 Å². The van der Waals surface area contributed by atoms with Gasteiger partial charge in [-0.3, -0.25) is 0 Å². The summed E-state index contributed by atoms with van der Waals surface area (Å²) in [5.41, 5.74) is -0.917. The Morgan fingerprint density at radius 1 is 1.43 bits per heavy atom. The number of hydrogen-bond donors (Lipinski definition) is 1. The molecule has 5 heteroatoms. The SMILES string of the molecule is C[C@@H](NC(=O)OC(C)(C)C)C1(C)N=N1. The molecule has 0 aromatic carbocycles. The van der Waals surface area contributed by atoms with Crippen LogP contribution in [0.15, 0.2) is 10.2 Å². The van der Waals surface area contributed by atoms with Gasteiger partial charge in [0.15, 0.2) is 0 Å². The van der Waals surface area contributed by atoms with E-state index in [-0.39, 0.29) is 6.04 Å². The van der Waals surface area contributed by atoms with E-state index in [9.17, 15) is 4.79 Å². The maximum atomic E-state index is 11.3. The van der Waals surface area contributed by atoms with Crippen molar-refractivity contribution in [3.63, 3.8) is 0 Å². The Morgan fingerprint density at radius 2 is 1.93 bits per heavy atom. The molecular formula is C9H17N3O2. The summed E-state index contributed by atoms with van der Waals surface area (Å²) in [6.45, 7) is 9.18. The molecule has 1 N–H and O–H groups in total. The van der Waals surface area contributed by atoms with Crippen LogP contribution in [0.1, 0.15) is 34.6 Å². The lowest BCUT2D eigenvalue weighted by molar-refractivity contribution is 0.0498. The van der Waals surface area contributed by atoms with Gasteiger partial charge in [0.05, 0.1) is 6.04 Å². The number of carbonyl (C=O) groups excluding carboxylic acids is 1. The van der Waals surface area contributed by atoms with Crippen molar-refractivity contribution in [1.82, 2.24) is 5.32 Å². The lowest BCUT2D eigenvalue weighted by Gasteiger charge is -2.22. The molecule has 0 saturated heterocycles. The molecule has 1 rings (SSSR count). The van der Waals surface area contributed by atoms with Crippen LogP contribution in [-0.2, 0) is 4.74 Å². The van der Waals surface area contributed by atoms with Crippen LogP contribution in [0.4, 0.5) is 4.79 Å². The van der Waals surface area contributed by atoms with Crippen molar-refractivity contribution in [3.8, 4) is 0 Å². The molecule has 1 heterocycles. The standard InChI is InChI=1S/C9H17N3O2/c1-6(9(5)11-12-9)10-7(13)14-8(2,3)4/h6H,1-5H3,(H,10,13)/t6-/m1/s1. The minimum absolute atomic E-state index is 0.127. The second-order valence-electron chi connectivity index (χ2n) is 4.66. The molecule has 0 aromatic heterocycles. The monoisotopic (exact) mass is 199 g/mol. The summed E-state index contributed by atoms with van der Waals surface area (Å²) in [5, 5.41) is 10.4. The van der Waals surface area contributed by atoms with Crippen LogP contribution in [0.25, 0.3) is 0 Å². The molecule has 5 nitrogen and oxygen atoms in total. The minimum Gasteiger partial charge on any atom is -0.444 e. The molecule has 0 saturated carbocycles. The van der Waals surface area contributed by atoms with E-state index >= 15 is 0 Å². The molecule has 1 aliphatic rings. The number of rotatable bonds is 2. The third-order valence-corrected chi connectivity index (χ3v) is 1.97. The summed E-state index contributed by atoms with van der Waals surface area (Å²) in [5.74, 6) is 0. The zero-order chi connectivity index (χ0) is 11.0. The molecule has 0 aromatic rings. The zero-order valence-corrected chi connectivity index (χ0v) is 9.29. The van der Waals surface area contributed by atoms with Gasteiger partial charge in [-0.05, 0) is 34.6 Å². The first-order valence-electron chi connectivity index (χ1n) is 4.66. The van der Waals surface area contributed by atoms with Crippen LogP contribution < -0.4 is 5.32 Å². The summed E-state index contributed by atoms with van der Waals surface area (Å²) < 4.78 is 5.10. The van der Waals surface area contributed by atoms with E-state index in [1.807, 2.05) is 34.6 Å². The third kappa shape index (κ3) is 2.97. The van der Waals surface area contributed by atoms with Gasteiger partial charge < -0.3 is 10.1 Å². The molecule has 0 unspecified atom stereocenters. The van der Waals surface area contributed by atoms with Gasteiger partial charge in [0.1, 0.15) is 5.60 Å². The van der Waals surface area contributed by atoms with Crippen molar-refractivity contribution >= 4 is 6.09 Å². The fourth-order valence-electron chi connectivity index (χ4n) is 0.873. The van der Waals surface area contributed by atoms with E-state index in [1.54, 1.807) is 0 Å². The second kappa shape index (κ2) is 3.22. The van der Waals surface area contributed by atoms with Gasteiger partial charge in [-0.25, -0.2) is 4.79 Å². The van der Waals surface area contributed by atoms with E-state index in [2.05, 4.69) is 15.5 Å². The Bertz CT molecular complexity index is 262. The normalized spacial score (nSPS) is 20.1. The molecule has 0 radical (unpaired) electrons. The van der Waals surface area contributed by atoms with Crippen LogP contribution in [-0.4, -0.2) is 23.4 Å². The number of nitrogens with one attached hydrogen (secondary N) is 1. The van der Waals surface area contributed by atoms with E-state index in [1.165, 1.54) is 0 Å². The summed E-state index contributed by atoms with van der Waals surface area (Å²) in [4.78, 5) is 11.3. The Labute approximate surface area is 83.9 Å². The molecular weight excluding hydrogens is 182 g/mol. The molecule has 0 spiro atoms. The van der Waals surface area contributed by atoms with Crippen molar-refractivity contribution in [2.24, 2.45) is 10.2 Å². The molecule has 1 amide bonds. The van der Waals surface area contributed by atoms with Gasteiger partial charge in [0.25, 0.3) is 0 Å². The Morgan fingerprint density at radius 3 is 2.29 bits per heavy atom. The fraction of sp³-hybridized carbons (Fsp3) is 0.889. The topological polar surface area (TPSA) is 63.0 Å². The van der Waals surface area contributed by atoms with Gasteiger partial charge >= 0.3 is 6.09 Å². The van der Waals surface area contributed by atoms with E-state index in [0.29, 0.717) is 0 Å². The first kappa shape index (κ1) is 10.9. The maximum absolute atomic E-state index is 11.3. The van der Waals surface area contributed by atoms with Crippen molar-refractivity contribution in [2.75, 3.05) is 0 Å². The molecule has 80 valence electrons. The predicted molar refractivity (Wildman–Crippen MR) is 52.1 cm³/mol. The molecule has 0 fully saturated rings. The smallest absolute Gasteiger partial charge is 0.408 e. The highest BCUT2D eigenvalue weighted by molar-refractivity contribution is 5.68. The lowest BCUT2D eigenvalue weighted by atomic mass is 10.1. The van der Waals surface area contributed by atoms with Gasteiger partial charge in [0, 0.05) is 0 Å². The van der Waals surface area contributed by atoms with Crippen molar-refractivity contribution < 1.29 is 9.53 Å². The number of nitrogens with zero attached hydrogens (tertiary/aromatic N) is 2. The van der Waals surface area contributed by atoms with Crippen LogP contribution in [0.3, 0.4) is 0 Å². The number of hydrogen-bond acceptors (Lipinski definition) is 4. The van der Waals surface area contributed by atoms with Crippen molar-refractivity contribution in [2.45, 2.75) is 51.9 Å². The largest absolute Gasteiger partial charge is 0.444 e. The summed E-state index contributed by atoms with van der Waals surface area (Å²) in [6.07, 6.45) is -0.427. The first-order valence-corrected chi connectivity index (χ1v) is 4.66. The van der Waals surface area contributed by atoms with Crippen LogP contribution in [0, 0.1) is 0 Å². The van der Waals surface area contributed by atoms with E-state index < -0.39 is 17.4 Å². The molecule has 1 aliphatic heterocycles. The van der Waals surface area contributed by atoms with E-state index in [0.717, 1.165) is 0 Å². The highest BCUT2D eigenvalue weighted by atomic mass is 16.6. The van der Waals surface area contributed by atoms with Crippen molar-refractivity contribution in [1.29, 1.82) is 0 Å². The van der Waals surface area contributed by atoms with E-state index in [4.69, 9.17) is 4.74 Å². The molecule has 14 heavy (non-hydrogen) atoms. The number of ether oxygens (including phenoxy) is 1. The Balaban J connectivity index is 2.34. The Kier molecular flexibility index (Phi) is 2.52. The van der Waals surface area contributed by atoms with Crippen LogP contribution in [0.5, 0.6) is 0 Å². The highest BCUT2D eigenvalue weighted by Crippen LogP contribution is 2.30. The predicted octanol–water partition coefficient (Wildman–Crippen LogP) is 2.08. The zero-order valence-electron chi connectivity index (χ0n) is 9.29. The first-order chi connectivity index (χ1) is 6.23. The second-order valence-corrected chi connectivity index (χ2v) is 4.66. The molecule has 0 aliphatic carbocycles. The van der Waals surface area contributed by atoms with Gasteiger partial charge in [-0.2, -0.15) is 10.2 Å². The summed E-state index contributed by atoms with van der Waals surface area (Å²) in [7, 11) is 0.